The minimum absolute atomic E-state index is 0.0858. The normalized spacial score (nSPS) is 15.9. The van der Waals surface area contributed by atoms with Crippen LogP contribution < -0.4 is 5.32 Å². The Morgan fingerprint density at radius 1 is 0.581 bits per heavy atom. The van der Waals surface area contributed by atoms with Gasteiger partial charge in [0, 0.05) is 19.0 Å². The number of esters is 1. The summed E-state index contributed by atoms with van der Waals surface area (Å²) in [4.78, 5) is 31.4. The first kappa shape index (κ1) is 54.7. The minimum Gasteiger partial charge on any atom is -0.463 e. The summed E-state index contributed by atoms with van der Waals surface area (Å²) >= 11 is 0. The van der Waals surface area contributed by atoms with Crippen LogP contribution in [0, 0.1) is 0 Å². The molecule has 1 rings (SSSR count). The molecule has 2 atom stereocenters. The van der Waals surface area contributed by atoms with Crippen molar-refractivity contribution in [2.24, 2.45) is 4.99 Å². The standard InChI is InChI=1S/C55H79N3O4/c1-6-9-11-13-15-17-19-21-23-25-27-29-31-33-35-37-39-41-43-45-54(59)57-52-47-48-58(53(8-3)56-52)51(5)62-50(4)49-61-55(60)46-44-42-40-38-36-34-32-30-28-26-24-22-20-18-16-14-12-10-7-2/h8-12,15-18,21-24,27-30,33-36,39-42,47-48,50-51H,6-7,13-14,19-20,25-26,31-32,37-38,43-46,49H2,1-5H3,(H,56,57,59). The van der Waals surface area contributed by atoms with Crippen molar-refractivity contribution < 1.29 is 19.1 Å². The summed E-state index contributed by atoms with van der Waals surface area (Å²) in [5.41, 5.74) is 0. The Labute approximate surface area is 377 Å². The number of allylic oxidation sites excluding steroid dienone is 25. The lowest BCUT2D eigenvalue weighted by Gasteiger charge is -2.32. The van der Waals surface area contributed by atoms with Gasteiger partial charge < -0.3 is 19.7 Å². The number of nitrogens with zero attached hydrogens (tertiary/aromatic N) is 2. The number of carbonyl (C=O) groups is 2. The first-order chi connectivity index (χ1) is 30.4. The zero-order chi connectivity index (χ0) is 45.0. The van der Waals surface area contributed by atoms with Crippen LogP contribution in [0.15, 0.2) is 175 Å². The topological polar surface area (TPSA) is 80.2 Å². The fourth-order valence-electron chi connectivity index (χ4n) is 5.66. The Kier molecular flexibility index (Phi) is 36.3. The first-order valence-electron chi connectivity index (χ1n) is 23.0. The monoisotopic (exact) mass is 846 g/mol. The maximum absolute atomic E-state index is 12.6. The van der Waals surface area contributed by atoms with Crippen LogP contribution in [0.4, 0.5) is 0 Å². The average Bonchev–Trinajstić information content (AvgIpc) is 3.27. The molecule has 0 aromatic carbocycles. The molecule has 0 bridgehead atoms. The molecule has 0 radical (unpaired) electrons. The van der Waals surface area contributed by atoms with Crippen molar-refractivity contribution in [3.8, 4) is 0 Å². The van der Waals surface area contributed by atoms with Crippen LogP contribution >= 0.6 is 0 Å². The molecule has 2 unspecified atom stereocenters. The van der Waals surface area contributed by atoms with E-state index < -0.39 is 0 Å². The summed E-state index contributed by atoms with van der Waals surface area (Å²) in [6, 6.07) is 0. The van der Waals surface area contributed by atoms with E-state index in [1.807, 2.05) is 50.1 Å². The van der Waals surface area contributed by atoms with Crippen LogP contribution in [0.1, 0.15) is 137 Å². The number of nitrogens with one attached hydrogen (secondary N) is 1. The average molecular weight is 846 g/mol. The van der Waals surface area contributed by atoms with E-state index in [1.54, 1.807) is 6.08 Å². The van der Waals surface area contributed by atoms with Crippen molar-refractivity contribution in [3.63, 3.8) is 0 Å². The lowest BCUT2D eigenvalue weighted by atomic mass is 10.2. The molecule has 1 amide bonds. The van der Waals surface area contributed by atoms with Crippen molar-refractivity contribution >= 4 is 17.7 Å². The summed E-state index contributed by atoms with van der Waals surface area (Å²) in [6.07, 6.45) is 70.4. The summed E-state index contributed by atoms with van der Waals surface area (Å²) in [5, 5.41) is 2.90. The number of hydrogen-bond donors (Lipinski definition) is 1. The van der Waals surface area contributed by atoms with Crippen LogP contribution in [0.2, 0.25) is 0 Å². The predicted octanol–water partition coefficient (Wildman–Crippen LogP) is 14.4. The third-order valence-corrected chi connectivity index (χ3v) is 8.96. The van der Waals surface area contributed by atoms with Gasteiger partial charge >= 0.3 is 5.97 Å². The number of ether oxygens (including phenoxy) is 2. The van der Waals surface area contributed by atoms with E-state index in [9.17, 15) is 9.59 Å². The number of rotatable bonds is 33. The van der Waals surface area contributed by atoms with Crippen molar-refractivity contribution in [1.29, 1.82) is 0 Å². The molecule has 7 nitrogen and oxygen atoms in total. The second kappa shape index (κ2) is 41.1. The third kappa shape index (κ3) is 33.4. The minimum atomic E-state index is -0.362. The third-order valence-electron chi connectivity index (χ3n) is 8.96. The van der Waals surface area contributed by atoms with Gasteiger partial charge in [-0.25, -0.2) is 4.99 Å². The second-order valence-corrected chi connectivity index (χ2v) is 14.6. The van der Waals surface area contributed by atoms with E-state index in [0.717, 1.165) is 77.0 Å². The number of carbonyl (C=O) groups excluding carboxylic acids is 2. The van der Waals surface area contributed by atoms with Gasteiger partial charge in [-0.1, -0.05) is 160 Å². The van der Waals surface area contributed by atoms with Crippen LogP contribution in [-0.2, 0) is 19.1 Å². The van der Waals surface area contributed by atoms with Gasteiger partial charge in [0.1, 0.15) is 24.5 Å². The summed E-state index contributed by atoms with van der Waals surface area (Å²) in [5.74, 6) is 0.818. The van der Waals surface area contributed by atoms with Crippen LogP contribution in [0.25, 0.3) is 0 Å². The first-order valence-corrected chi connectivity index (χ1v) is 23.0. The second-order valence-electron chi connectivity index (χ2n) is 14.6. The summed E-state index contributed by atoms with van der Waals surface area (Å²) < 4.78 is 11.6. The SMILES string of the molecule is CC=C1N=C(NC(=O)CCC=CCC=CCC=CCC=CCC=CCC=CCC)C=CN1C(C)OC(C)COC(=O)CCC=CCC=CCC=CCC=CCC=CCC=CCC. The van der Waals surface area contributed by atoms with Gasteiger partial charge in [0.05, 0.1) is 6.10 Å². The number of aliphatic imine (C=N–C) groups is 1. The maximum atomic E-state index is 12.6. The van der Waals surface area contributed by atoms with Crippen LogP contribution in [0.3, 0.4) is 0 Å². The molecule has 0 saturated heterocycles. The molecule has 338 valence electrons. The smallest absolute Gasteiger partial charge is 0.306 e. The zero-order valence-electron chi connectivity index (χ0n) is 38.8. The van der Waals surface area contributed by atoms with Crippen LogP contribution in [-0.4, -0.2) is 41.6 Å². The predicted molar refractivity (Wildman–Crippen MR) is 266 cm³/mol. The van der Waals surface area contributed by atoms with Crippen molar-refractivity contribution in [1.82, 2.24) is 10.2 Å². The molecule has 0 saturated carbocycles. The Morgan fingerprint density at radius 2 is 0.952 bits per heavy atom. The molecule has 1 aliphatic rings. The molecule has 1 heterocycles. The Balaban J connectivity index is 2.20. The quantitative estimate of drug-likeness (QED) is 0.0526. The molecule has 0 aliphatic carbocycles. The summed E-state index contributed by atoms with van der Waals surface area (Å²) in [6.45, 7) is 10.2. The Bertz CT molecular complexity index is 1660. The molecule has 0 fully saturated rings. The highest BCUT2D eigenvalue weighted by molar-refractivity contribution is 6.05. The Morgan fingerprint density at radius 3 is 1.34 bits per heavy atom. The Hall–Kier alpha value is -5.27. The highest BCUT2D eigenvalue weighted by atomic mass is 16.6. The molecule has 7 heteroatoms. The lowest BCUT2D eigenvalue weighted by Crippen LogP contribution is -2.38. The van der Waals surface area contributed by atoms with Gasteiger partial charge in [0.2, 0.25) is 5.91 Å². The molecule has 0 aromatic rings. The molecule has 62 heavy (non-hydrogen) atoms. The van der Waals surface area contributed by atoms with E-state index in [-0.39, 0.29) is 30.8 Å². The lowest BCUT2D eigenvalue weighted by molar-refractivity contribution is -0.151. The maximum Gasteiger partial charge on any atom is 0.306 e. The van der Waals surface area contributed by atoms with E-state index in [2.05, 4.69) is 158 Å². The molecule has 1 N–H and O–H groups in total. The van der Waals surface area contributed by atoms with Crippen LogP contribution in [0.5, 0.6) is 0 Å². The molecule has 0 aromatic heterocycles. The highest BCUT2D eigenvalue weighted by Crippen LogP contribution is 2.18. The molecule has 1 aliphatic heterocycles. The summed E-state index contributed by atoms with van der Waals surface area (Å²) in [7, 11) is 0. The fourth-order valence-corrected chi connectivity index (χ4v) is 5.66. The number of amides is 1. The molecule has 0 spiro atoms. The van der Waals surface area contributed by atoms with E-state index in [1.165, 1.54) is 0 Å². The van der Waals surface area contributed by atoms with Gasteiger partial charge in [0.15, 0.2) is 0 Å². The largest absolute Gasteiger partial charge is 0.463 e. The number of hydrogen-bond acceptors (Lipinski definition) is 6. The van der Waals surface area contributed by atoms with Gasteiger partial charge in [-0.05, 0) is 123 Å². The van der Waals surface area contributed by atoms with Crippen molar-refractivity contribution in [3.05, 3.63) is 170 Å². The van der Waals surface area contributed by atoms with E-state index in [4.69, 9.17) is 9.47 Å². The van der Waals surface area contributed by atoms with E-state index in [0.29, 0.717) is 37.3 Å². The van der Waals surface area contributed by atoms with E-state index >= 15 is 0 Å². The van der Waals surface area contributed by atoms with Crippen molar-refractivity contribution in [2.75, 3.05) is 6.61 Å². The van der Waals surface area contributed by atoms with Gasteiger partial charge in [-0.15, -0.1) is 0 Å². The van der Waals surface area contributed by atoms with Gasteiger partial charge in [0.25, 0.3) is 0 Å². The molecular weight excluding hydrogens is 767 g/mol. The van der Waals surface area contributed by atoms with Gasteiger partial charge in [-0.3, -0.25) is 9.59 Å². The fraction of sp³-hybridized carbons (Fsp3) is 0.436. The van der Waals surface area contributed by atoms with Gasteiger partial charge in [-0.2, -0.15) is 0 Å². The van der Waals surface area contributed by atoms with Crippen molar-refractivity contribution in [2.45, 2.75) is 150 Å². The number of amidine groups is 1. The molecular formula is C55H79N3O4. The zero-order valence-corrected chi connectivity index (χ0v) is 38.8. The highest BCUT2D eigenvalue weighted by Gasteiger charge is 2.21.